The molecule has 3 rings (SSSR count). The number of carbonyl (C=O) groups is 1. The van der Waals surface area contributed by atoms with Crippen LogP contribution in [0, 0.1) is 5.92 Å². The molecule has 2 aromatic rings. The third-order valence-electron chi connectivity index (χ3n) is 4.59. The highest BCUT2D eigenvalue weighted by molar-refractivity contribution is 5.81. The molecule has 1 amide bonds. The topological polar surface area (TPSA) is 46.9 Å². The van der Waals surface area contributed by atoms with Gasteiger partial charge in [0.15, 0.2) is 0 Å². The van der Waals surface area contributed by atoms with E-state index in [2.05, 4.69) is 17.2 Å². The molecule has 1 N–H and O–H groups in total. The van der Waals surface area contributed by atoms with Gasteiger partial charge in [-0.25, -0.2) is 4.98 Å². The van der Waals surface area contributed by atoms with Crippen LogP contribution in [-0.2, 0) is 17.5 Å². The van der Waals surface area contributed by atoms with Crippen molar-refractivity contribution in [2.75, 3.05) is 0 Å². The van der Waals surface area contributed by atoms with E-state index in [0.717, 1.165) is 30.3 Å². The molecular formula is C17H20F3N3O. The highest BCUT2D eigenvalue weighted by atomic mass is 19.4. The van der Waals surface area contributed by atoms with E-state index in [1.165, 1.54) is 6.07 Å². The standard InChI is InChI=1S/C17H20F3N3O/c1-11-6-8-12(9-7-11)21-15(24)10-23-14-5-3-2-4-13(14)22-16(23)17(18,19)20/h2-5,11-12H,6-10H2,1H3,(H,21,24). The quantitative estimate of drug-likeness (QED) is 0.926. The molecule has 1 aromatic carbocycles. The lowest BCUT2D eigenvalue weighted by molar-refractivity contribution is -0.147. The van der Waals surface area contributed by atoms with E-state index >= 15 is 0 Å². The Balaban J connectivity index is 1.80. The zero-order valence-corrected chi connectivity index (χ0v) is 13.4. The van der Waals surface area contributed by atoms with E-state index in [1.54, 1.807) is 18.2 Å². The SMILES string of the molecule is CC1CCC(NC(=O)Cn2c(C(F)(F)F)nc3ccccc32)CC1. The number of amides is 1. The van der Waals surface area contributed by atoms with E-state index in [9.17, 15) is 18.0 Å². The number of hydrogen-bond acceptors (Lipinski definition) is 2. The molecule has 24 heavy (non-hydrogen) atoms. The van der Waals surface area contributed by atoms with Gasteiger partial charge in [0, 0.05) is 6.04 Å². The maximum Gasteiger partial charge on any atom is 0.449 e. The van der Waals surface area contributed by atoms with Gasteiger partial charge < -0.3 is 9.88 Å². The van der Waals surface area contributed by atoms with E-state index < -0.39 is 17.9 Å². The van der Waals surface area contributed by atoms with Gasteiger partial charge in [-0.2, -0.15) is 13.2 Å². The van der Waals surface area contributed by atoms with Gasteiger partial charge in [-0.15, -0.1) is 0 Å². The Bertz CT molecular complexity index is 730. The summed E-state index contributed by atoms with van der Waals surface area (Å²) in [4.78, 5) is 15.9. The summed E-state index contributed by atoms with van der Waals surface area (Å²) in [5.41, 5.74) is 0.557. The fraction of sp³-hybridized carbons (Fsp3) is 0.529. The molecule has 0 bridgehead atoms. The number of nitrogens with zero attached hydrogens (tertiary/aromatic N) is 2. The van der Waals surface area contributed by atoms with E-state index in [0.29, 0.717) is 11.4 Å². The number of fused-ring (bicyclic) bond motifs is 1. The lowest BCUT2D eigenvalue weighted by atomic mass is 9.87. The Labute approximate surface area is 138 Å². The fourth-order valence-corrected chi connectivity index (χ4v) is 3.27. The van der Waals surface area contributed by atoms with Crippen LogP contribution in [0.3, 0.4) is 0 Å². The smallest absolute Gasteiger partial charge is 0.352 e. The average molecular weight is 339 g/mol. The Kier molecular flexibility index (Phi) is 4.51. The summed E-state index contributed by atoms with van der Waals surface area (Å²) >= 11 is 0. The molecule has 130 valence electrons. The van der Waals surface area contributed by atoms with Gasteiger partial charge in [0.1, 0.15) is 6.54 Å². The first-order valence-corrected chi connectivity index (χ1v) is 8.16. The van der Waals surface area contributed by atoms with Gasteiger partial charge in [-0.05, 0) is 43.7 Å². The number of hydrogen-bond donors (Lipinski definition) is 1. The second-order valence-corrected chi connectivity index (χ2v) is 6.53. The summed E-state index contributed by atoms with van der Waals surface area (Å²) in [6.07, 6.45) is -0.771. The van der Waals surface area contributed by atoms with Crippen molar-refractivity contribution in [1.29, 1.82) is 0 Å². The molecule has 1 aliphatic rings. The van der Waals surface area contributed by atoms with Crippen molar-refractivity contribution in [1.82, 2.24) is 14.9 Å². The van der Waals surface area contributed by atoms with E-state index in [1.807, 2.05) is 0 Å². The van der Waals surface area contributed by atoms with Crippen LogP contribution in [0.4, 0.5) is 13.2 Å². The lowest BCUT2D eigenvalue weighted by Gasteiger charge is -2.27. The minimum absolute atomic E-state index is 0.0535. The number of rotatable bonds is 3. The van der Waals surface area contributed by atoms with Gasteiger partial charge in [0.2, 0.25) is 11.7 Å². The molecule has 1 aromatic heterocycles. The summed E-state index contributed by atoms with van der Waals surface area (Å²) in [6, 6.07) is 6.39. The van der Waals surface area contributed by atoms with Crippen LogP contribution in [-0.4, -0.2) is 21.5 Å². The number of para-hydroxylation sites is 2. The summed E-state index contributed by atoms with van der Waals surface area (Å²) in [5, 5.41) is 2.87. The highest BCUT2D eigenvalue weighted by Gasteiger charge is 2.38. The Morgan fingerprint density at radius 1 is 1.25 bits per heavy atom. The molecule has 1 fully saturated rings. The number of carbonyl (C=O) groups excluding carboxylic acids is 1. The van der Waals surface area contributed by atoms with Gasteiger partial charge in [-0.3, -0.25) is 4.79 Å². The van der Waals surface area contributed by atoms with E-state index in [4.69, 9.17) is 0 Å². The van der Waals surface area contributed by atoms with Crippen LogP contribution in [0.25, 0.3) is 11.0 Å². The van der Waals surface area contributed by atoms with Crippen LogP contribution >= 0.6 is 0 Å². The molecule has 1 heterocycles. The Morgan fingerprint density at radius 3 is 2.58 bits per heavy atom. The zero-order valence-electron chi connectivity index (χ0n) is 13.4. The molecule has 7 heteroatoms. The second kappa shape index (κ2) is 6.45. The first-order chi connectivity index (χ1) is 11.3. The van der Waals surface area contributed by atoms with Gasteiger partial charge >= 0.3 is 6.18 Å². The third kappa shape index (κ3) is 3.55. The minimum Gasteiger partial charge on any atom is -0.352 e. The average Bonchev–Trinajstić information content (AvgIpc) is 2.89. The molecule has 1 saturated carbocycles. The fourth-order valence-electron chi connectivity index (χ4n) is 3.27. The molecule has 0 saturated heterocycles. The maximum absolute atomic E-state index is 13.2. The number of alkyl halides is 3. The summed E-state index contributed by atoms with van der Waals surface area (Å²) in [7, 11) is 0. The summed E-state index contributed by atoms with van der Waals surface area (Å²) < 4.78 is 40.6. The predicted molar refractivity (Wildman–Crippen MR) is 84.3 cm³/mol. The molecule has 4 nitrogen and oxygen atoms in total. The van der Waals surface area contributed by atoms with Crippen LogP contribution in [0.1, 0.15) is 38.4 Å². The normalized spacial score (nSPS) is 21.8. The first-order valence-electron chi connectivity index (χ1n) is 8.16. The summed E-state index contributed by atoms with van der Waals surface area (Å²) in [6.45, 7) is 1.80. The van der Waals surface area contributed by atoms with Crippen molar-refractivity contribution < 1.29 is 18.0 Å². The molecule has 0 atom stereocenters. The van der Waals surface area contributed by atoms with Crippen molar-refractivity contribution in [3.8, 4) is 0 Å². The van der Waals surface area contributed by atoms with Gasteiger partial charge in [0.25, 0.3) is 0 Å². The monoisotopic (exact) mass is 339 g/mol. The van der Waals surface area contributed by atoms with Crippen molar-refractivity contribution in [2.45, 2.75) is 51.4 Å². The maximum atomic E-state index is 13.2. The molecule has 0 aliphatic heterocycles. The zero-order chi connectivity index (χ0) is 17.3. The van der Waals surface area contributed by atoms with Crippen LogP contribution in [0.2, 0.25) is 0 Å². The summed E-state index contributed by atoms with van der Waals surface area (Å²) in [5.74, 6) is -0.785. The van der Waals surface area contributed by atoms with Crippen molar-refractivity contribution in [3.05, 3.63) is 30.1 Å². The number of benzene rings is 1. The van der Waals surface area contributed by atoms with Crippen LogP contribution < -0.4 is 5.32 Å². The van der Waals surface area contributed by atoms with Crippen LogP contribution in [0.15, 0.2) is 24.3 Å². The Hall–Kier alpha value is -2.05. The minimum atomic E-state index is -4.60. The molecular weight excluding hydrogens is 319 g/mol. The highest BCUT2D eigenvalue weighted by Crippen LogP contribution is 2.31. The van der Waals surface area contributed by atoms with Crippen molar-refractivity contribution >= 4 is 16.9 Å². The van der Waals surface area contributed by atoms with Gasteiger partial charge in [-0.1, -0.05) is 19.1 Å². The Morgan fingerprint density at radius 2 is 1.92 bits per heavy atom. The molecule has 0 unspecified atom stereocenters. The molecule has 1 aliphatic carbocycles. The first kappa shape index (κ1) is 16.8. The van der Waals surface area contributed by atoms with Crippen molar-refractivity contribution in [3.63, 3.8) is 0 Å². The largest absolute Gasteiger partial charge is 0.449 e. The third-order valence-corrected chi connectivity index (χ3v) is 4.59. The van der Waals surface area contributed by atoms with E-state index in [-0.39, 0.29) is 18.1 Å². The van der Waals surface area contributed by atoms with Crippen LogP contribution in [0.5, 0.6) is 0 Å². The molecule has 0 spiro atoms. The number of nitrogens with one attached hydrogen (secondary N) is 1. The predicted octanol–water partition coefficient (Wildman–Crippen LogP) is 3.75. The van der Waals surface area contributed by atoms with Gasteiger partial charge in [0.05, 0.1) is 11.0 Å². The molecule has 0 radical (unpaired) electrons. The van der Waals surface area contributed by atoms with Crippen molar-refractivity contribution in [2.24, 2.45) is 5.92 Å². The number of halogens is 3. The lowest BCUT2D eigenvalue weighted by Crippen LogP contribution is -2.39. The second-order valence-electron chi connectivity index (χ2n) is 6.53. The number of imidazole rings is 1. The number of aromatic nitrogens is 2.